The molecule has 0 spiro atoms. The number of nitrogens with zero attached hydrogens (tertiary/aromatic N) is 2. The Morgan fingerprint density at radius 1 is 1.10 bits per heavy atom. The Kier molecular flexibility index (Phi) is 6.48. The Balaban J connectivity index is 1.80. The minimum absolute atomic E-state index is 0.110. The van der Waals surface area contributed by atoms with Crippen LogP contribution in [0.4, 0.5) is 5.69 Å². The van der Waals surface area contributed by atoms with Gasteiger partial charge in [-0.25, -0.2) is 0 Å². The van der Waals surface area contributed by atoms with Crippen LogP contribution in [-0.4, -0.2) is 86.0 Å². The number of nitrogens with two attached hydrogens (primary N) is 1. The fourth-order valence-electron chi connectivity index (χ4n) is 6.58. The molecule has 5 rings (SSSR count). The molecule has 13 heteroatoms. The van der Waals surface area contributed by atoms with Crippen LogP contribution in [0.25, 0.3) is 11.6 Å². The molecule has 2 aromatic rings. The summed E-state index contributed by atoms with van der Waals surface area (Å²) >= 11 is 0. The number of phenolic OH excluding ortho intramolecular Hbond substituents is 1. The predicted molar refractivity (Wildman–Crippen MR) is 140 cm³/mol. The zero-order chi connectivity index (χ0) is 30.1. The SMILES string of the molecule is CN(C)[C@H]1C(=O)C(C(N)=O)C(=O)[C@]2(O)C(=O)C3C(=O)c4c(O)cccc4C(=Cc4cccc([N+](=O)[O-])c4)[C@@H]3[C@@H](O)[C@H]12. The molecule has 2 unspecified atom stereocenters. The highest BCUT2D eigenvalue weighted by atomic mass is 16.6. The summed E-state index contributed by atoms with van der Waals surface area (Å²) in [6, 6.07) is 7.93. The molecule has 1 amide bonds. The number of phenols is 1. The summed E-state index contributed by atoms with van der Waals surface area (Å²) in [4.78, 5) is 78.8. The lowest BCUT2D eigenvalue weighted by Crippen LogP contribution is -2.77. The fourth-order valence-corrected chi connectivity index (χ4v) is 6.58. The Hall–Kier alpha value is -4.59. The minimum atomic E-state index is -3.14. The fraction of sp³-hybridized carbons (Fsp3) is 0.321. The number of rotatable bonds is 4. The lowest BCUT2D eigenvalue weighted by molar-refractivity contribution is -0.384. The van der Waals surface area contributed by atoms with Crippen molar-refractivity contribution in [2.24, 2.45) is 29.4 Å². The van der Waals surface area contributed by atoms with E-state index in [-0.39, 0.29) is 28.0 Å². The van der Waals surface area contributed by atoms with Crippen molar-refractivity contribution in [2.45, 2.75) is 17.7 Å². The van der Waals surface area contributed by atoms with Crippen LogP contribution in [0.15, 0.2) is 42.5 Å². The number of aliphatic hydroxyl groups excluding tert-OH is 1. The highest BCUT2D eigenvalue weighted by molar-refractivity contribution is 6.33. The number of aliphatic hydroxyl groups is 2. The normalized spacial score (nSPS) is 32.0. The summed E-state index contributed by atoms with van der Waals surface area (Å²) in [5.74, 6) is -14.2. The third kappa shape index (κ3) is 3.84. The number of aromatic hydroxyl groups is 1. The van der Waals surface area contributed by atoms with E-state index < -0.39 is 81.1 Å². The second kappa shape index (κ2) is 9.51. The average molecular weight is 564 g/mol. The number of carbonyl (C=O) groups excluding carboxylic acids is 5. The monoisotopic (exact) mass is 563 g/mol. The molecule has 41 heavy (non-hydrogen) atoms. The third-order valence-corrected chi connectivity index (χ3v) is 8.28. The first-order chi connectivity index (χ1) is 19.2. The van der Waals surface area contributed by atoms with E-state index in [9.17, 15) is 49.4 Å². The van der Waals surface area contributed by atoms with Gasteiger partial charge in [0.05, 0.1) is 34.5 Å². The second-order valence-electron chi connectivity index (χ2n) is 10.7. The molecular formula is C28H25N3O10. The summed E-state index contributed by atoms with van der Waals surface area (Å²) in [6.45, 7) is 0. The van der Waals surface area contributed by atoms with Crippen LogP contribution < -0.4 is 5.73 Å². The summed E-state index contributed by atoms with van der Waals surface area (Å²) in [5, 5.41) is 45.6. The van der Waals surface area contributed by atoms with Crippen molar-refractivity contribution in [3.8, 4) is 5.75 Å². The van der Waals surface area contributed by atoms with E-state index in [1.165, 1.54) is 67.5 Å². The van der Waals surface area contributed by atoms with Crippen LogP contribution in [0, 0.1) is 33.8 Å². The zero-order valence-electron chi connectivity index (χ0n) is 21.8. The maximum atomic E-state index is 14.1. The largest absolute Gasteiger partial charge is 0.507 e. The van der Waals surface area contributed by atoms with Crippen LogP contribution in [0.5, 0.6) is 5.75 Å². The molecule has 0 heterocycles. The maximum Gasteiger partial charge on any atom is 0.270 e. The highest BCUT2D eigenvalue weighted by Gasteiger charge is 2.72. The molecule has 0 radical (unpaired) electrons. The first-order valence-electron chi connectivity index (χ1n) is 12.5. The van der Waals surface area contributed by atoms with Crippen molar-refractivity contribution < 1.29 is 44.2 Å². The molecule has 212 valence electrons. The van der Waals surface area contributed by atoms with E-state index in [2.05, 4.69) is 0 Å². The van der Waals surface area contributed by atoms with E-state index in [1.54, 1.807) is 0 Å². The van der Waals surface area contributed by atoms with Crippen molar-refractivity contribution in [1.29, 1.82) is 0 Å². The van der Waals surface area contributed by atoms with Gasteiger partial charge in [-0.3, -0.25) is 39.0 Å². The Labute approximate surface area is 232 Å². The van der Waals surface area contributed by atoms with Gasteiger partial charge < -0.3 is 21.1 Å². The molecule has 2 fully saturated rings. The topological polar surface area (TPSA) is 218 Å². The van der Waals surface area contributed by atoms with Gasteiger partial charge in [-0.1, -0.05) is 30.3 Å². The maximum absolute atomic E-state index is 14.1. The number of ketones is 4. The molecular weight excluding hydrogens is 538 g/mol. The van der Waals surface area contributed by atoms with Crippen molar-refractivity contribution >= 4 is 46.4 Å². The van der Waals surface area contributed by atoms with Crippen LogP contribution in [0.1, 0.15) is 21.5 Å². The quantitative estimate of drug-likeness (QED) is 0.216. The second-order valence-corrected chi connectivity index (χ2v) is 10.7. The molecule has 7 atom stereocenters. The number of carbonyl (C=O) groups is 5. The first kappa shape index (κ1) is 28.0. The number of fused-ring (bicyclic) bond motifs is 3. The van der Waals surface area contributed by atoms with E-state index in [0.29, 0.717) is 0 Å². The molecule has 3 aliphatic carbocycles. The smallest absolute Gasteiger partial charge is 0.270 e. The standard InChI is InChI=1S/C28H25N3O10/c1-30(2)21-20-23(34)17-14(10-11-5-3-6-12(9-11)31(40)41)13-7-4-8-15(32)16(13)22(33)18(17)25(36)28(20,39)26(37)19(24(21)35)27(29)38/h3-10,17-21,23,32,34,39H,1-2H3,(H2,29,38)/t17-,18?,19?,20-,21+,23+,28+/m0/s1. The third-order valence-electron chi connectivity index (χ3n) is 8.28. The van der Waals surface area contributed by atoms with Gasteiger partial charge in [0.2, 0.25) is 5.91 Å². The van der Waals surface area contributed by atoms with Crippen molar-refractivity contribution in [3.05, 3.63) is 69.3 Å². The van der Waals surface area contributed by atoms with Gasteiger partial charge in [0.15, 0.2) is 34.7 Å². The van der Waals surface area contributed by atoms with E-state index in [1.807, 2.05) is 0 Å². The Morgan fingerprint density at radius 3 is 2.37 bits per heavy atom. The first-order valence-corrected chi connectivity index (χ1v) is 12.5. The predicted octanol–water partition coefficient (Wildman–Crippen LogP) is -0.256. The minimum Gasteiger partial charge on any atom is -0.507 e. The van der Waals surface area contributed by atoms with Gasteiger partial charge in [0, 0.05) is 18.1 Å². The highest BCUT2D eigenvalue weighted by Crippen LogP contribution is 2.54. The molecule has 0 saturated heterocycles. The lowest BCUT2D eigenvalue weighted by atomic mass is 9.50. The van der Waals surface area contributed by atoms with E-state index in [4.69, 9.17) is 5.73 Å². The van der Waals surface area contributed by atoms with Gasteiger partial charge in [-0.2, -0.15) is 0 Å². The summed E-state index contributed by atoms with van der Waals surface area (Å²) in [6.07, 6.45) is -0.485. The number of benzene rings is 2. The average Bonchev–Trinajstić information content (AvgIpc) is 2.90. The number of hydrogen-bond donors (Lipinski definition) is 4. The number of primary amides is 1. The number of Topliss-reactive ketones (excluding diaryl/α,β-unsaturated/α-hetero) is 4. The van der Waals surface area contributed by atoms with Crippen LogP contribution in [0.2, 0.25) is 0 Å². The van der Waals surface area contributed by atoms with Crippen molar-refractivity contribution in [2.75, 3.05) is 14.1 Å². The van der Waals surface area contributed by atoms with E-state index in [0.717, 1.165) is 0 Å². The molecule has 0 bridgehead atoms. The Morgan fingerprint density at radius 2 is 1.76 bits per heavy atom. The number of likely N-dealkylation sites (N-methyl/N-ethyl adjacent to an activating group) is 1. The molecule has 2 aromatic carbocycles. The molecule has 5 N–H and O–H groups in total. The zero-order valence-corrected chi connectivity index (χ0v) is 21.8. The van der Waals surface area contributed by atoms with Crippen LogP contribution in [0.3, 0.4) is 0 Å². The van der Waals surface area contributed by atoms with Gasteiger partial charge >= 0.3 is 0 Å². The van der Waals surface area contributed by atoms with Crippen molar-refractivity contribution in [1.82, 2.24) is 4.90 Å². The van der Waals surface area contributed by atoms with Crippen LogP contribution >= 0.6 is 0 Å². The van der Waals surface area contributed by atoms with Gasteiger partial charge in [0.25, 0.3) is 5.69 Å². The molecule has 3 aliphatic rings. The molecule has 0 aromatic heterocycles. The summed E-state index contributed by atoms with van der Waals surface area (Å²) in [7, 11) is 2.78. The van der Waals surface area contributed by atoms with Gasteiger partial charge in [-0.05, 0) is 36.9 Å². The number of hydrogen-bond acceptors (Lipinski definition) is 11. The number of nitro groups is 1. The summed E-state index contributed by atoms with van der Waals surface area (Å²) < 4.78 is 0. The lowest BCUT2D eigenvalue weighted by Gasteiger charge is -2.55. The number of nitro benzene ring substituents is 1. The van der Waals surface area contributed by atoms with E-state index >= 15 is 0 Å². The van der Waals surface area contributed by atoms with Gasteiger partial charge in [-0.15, -0.1) is 0 Å². The molecule has 13 nitrogen and oxygen atoms in total. The summed E-state index contributed by atoms with van der Waals surface area (Å²) in [5.41, 5.74) is 2.07. The van der Waals surface area contributed by atoms with Crippen LogP contribution in [-0.2, 0) is 19.2 Å². The number of amides is 1. The Bertz CT molecular complexity index is 1600. The molecule has 0 aliphatic heterocycles. The molecule has 2 saturated carbocycles. The van der Waals surface area contributed by atoms with Crippen molar-refractivity contribution in [3.63, 3.8) is 0 Å². The van der Waals surface area contributed by atoms with Gasteiger partial charge in [0.1, 0.15) is 5.75 Å². The number of non-ortho nitro benzene ring substituents is 1.